The van der Waals surface area contributed by atoms with Gasteiger partial charge in [-0.05, 0) is 122 Å². The lowest BCUT2D eigenvalue weighted by atomic mass is 9.79. The Hall–Kier alpha value is -2.51. The lowest BCUT2D eigenvalue weighted by Gasteiger charge is -2.39. The zero-order chi connectivity index (χ0) is 25.3. The number of fused-ring (bicyclic) bond motifs is 1. The van der Waals surface area contributed by atoms with E-state index < -0.39 is 12.1 Å². The zero-order valence-corrected chi connectivity index (χ0v) is 21.9. The van der Waals surface area contributed by atoms with Gasteiger partial charge in [-0.3, -0.25) is 9.78 Å². The average Bonchev–Trinajstić information content (AvgIpc) is 3.42. The molecular formula is C29H37FN2O3S. The van der Waals surface area contributed by atoms with Gasteiger partial charge in [-0.25, -0.2) is 4.39 Å². The average molecular weight is 513 g/mol. The highest BCUT2D eigenvalue weighted by Gasteiger charge is 2.30. The normalized spacial score (nSPS) is 19.4. The molecule has 5 nitrogen and oxygen atoms in total. The summed E-state index contributed by atoms with van der Waals surface area (Å²) in [6.45, 7) is 2.98. The van der Waals surface area contributed by atoms with Crippen LogP contribution in [0, 0.1) is 11.8 Å². The van der Waals surface area contributed by atoms with Crippen molar-refractivity contribution >= 4 is 28.2 Å². The number of carboxylic acid groups (broad SMARTS) is 1. The first-order valence-corrected chi connectivity index (χ1v) is 14.0. The van der Waals surface area contributed by atoms with Crippen LogP contribution < -0.4 is 4.74 Å². The summed E-state index contributed by atoms with van der Waals surface area (Å²) < 4.78 is 20.9. The molecule has 0 bridgehead atoms. The molecule has 1 aliphatic rings. The number of hydrogen-bond acceptors (Lipinski definition) is 5. The molecule has 0 unspecified atom stereocenters. The minimum absolute atomic E-state index is 0.182. The summed E-state index contributed by atoms with van der Waals surface area (Å²) >= 11 is 1.75. The number of rotatable bonds is 13. The fourth-order valence-corrected chi connectivity index (χ4v) is 6.24. The number of benzene rings is 1. The summed E-state index contributed by atoms with van der Waals surface area (Å²) in [4.78, 5) is 18.2. The van der Waals surface area contributed by atoms with Gasteiger partial charge in [0, 0.05) is 24.5 Å². The van der Waals surface area contributed by atoms with Gasteiger partial charge in [-0.1, -0.05) is 0 Å². The van der Waals surface area contributed by atoms with E-state index in [1.54, 1.807) is 30.7 Å². The van der Waals surface area contributed by atoms with Gasteiger partial charge in [-0.15, -0.1) is 0 Å². The Kier molecular flexibility index (Phi) is 9.70. The van der Waals surface area contributed by atoms with Crippen molar-refractivity contribution in [3.63, 3.8) is 0 Å². The van der Waals surface area contributed by atoms with Crippen molar-refractivity contribution in [2.45, 2.75) is 57.5 Å². The van der Waals surface area contributed by atoms with Crippen LogP contribution in [0.2, 0.25) is 0 Å². The summed E-state index contributed by atoms with van der Waals surface area (Å²) in [5.41, 5.74) is 2.84. The van der Waals surface area contributed by atoms with Gasteiger partial charge in [0.15, 0.2) is 0 Å². The first kappa shape index (κ1) is 26.6. The third kappa shape index (κ3) is 7.26. The number of unbranched alkanes of at least 4 members (excludes halogenated alkanes) is 1. The van der Waals surface area contributed by atoms with Crippen molar-refractivity contribution in [1.82, 2.24) is 9.88 Å². The van der Waals surface area contributed by atoms with Gasteiger partial charge in [0.05, 0.1) is 12.6 Å². The third-order valence-corrected chi connectivity index (χ3v) is 8.32. The number of aromatic nitrogens is 1. The second-order valence-corrected chi connectivity index (χ2v) is 10.7. The summed E-state index contributed by atoms with van der Waals surface area (Å²) in [5.74, 6) is 0.600. The molecule has 3 heterocycles. The summed E-state index contributed by atoms with van der Waals surface area (Å²) in [5, 5.41) is 14.4. The number of aliphatic carboxylic acids is 1. The van der Waals surface area contributed by atoms with Crippen LogP contribution in [0.15, 0.2) is 47.3 Å². The molecule has 0 saturated carbocycles. The maximum atomic E-state index is 15.5. The summed E-state index contributed by atoms with van der Waals surface area (Å²) in [6, 6.07) is 9.53. The largest absolute Gasteiger partial charge is 0.497 e. The fourth-order valence-electron chi connectivity index (χ4n) is 5.54. The lowest BCUT2D eigenvalue weighted by Crippen LogP contribution is -2.41. The Morgan fingerprint density at radius 3 is 2.92 bits per heavy atom. The number of hydrogen-bond donors (Lipinski definition) is 1. The number of methoxy groups -OCH3 is 1. The number of alkyl halides is 1. The van der Waals surface area contributed by atoms with Gasteiger partial charge in [0.1, 0.15) is 11.9 Å². The van der Waals surface area contributed by atoms with E-state index in [0.29, 0.717) is 36.0 Å². The highest BCUT2D eigenvalue weighted by molar-refractivity contribution is 7.07. The highest BCUT2D eigenvalue weighted by Crippen LogP contribution is 2.36. The molecule has 194 valence electrons. The summed E-state index contributed by atoms with van der Waals surface area (Å²) in [6.07, 6.45) is 7.08. The van der Waals surface area contributed by atoms with Crippen molar-refractivity contribution in [2.24, 2.45) is 11.8 Å². The lowest BCUT2D eigenvalue weighted by molar-refractivity contribution is -0.137. The minimum Gasteiger partial charge on any atom is -0.497 e. The minimum atomic E-state index is -1.09. The molecular weight excluding hydrogens is 475 g/mol. The Morgan fingerprint density at radius 1 is 1.25 bits per heavy atom. The molecule has 1 aromatic carbocycles. The van der Waals surface area contributed by atoms with E-state index in [0.717, 1.165) is 56.2 Å². The number of carbonyl (C=O) groups is 1. The number of aryl methyl sites for hydroxylation is 1. The molecule has 4 rings (SSSR count). The zero-order valence-electron chi connectivity index (χ0n) is 21.1. The smallest absolute Gasteiger partial charge is 0.303 e. The van der Waals surface area contributed by atoms with E-state index >= 15 is 4.39 Å². The number of piperidine rings is 1. The Bertz CT molecular complexity index is 1110. The monoisotopic (exact) mass is 512 g/mol. The van der Waals surface area contributed by atoms with E-state index in [4.69, 9.17) is 4.74 Å². The van der Waals surface area contributed by atoms with Gasteiger partial charge in [0.25, 0.3) is 0 Å². The summed E-state index contributed by atoms with van der Waals surface area (Å²) in [7, 11) is 1.61. The van der Waals surface area contributed by atoms with E-state index in [-0.39, 0.29) is 6.42 Å². The molecule has 0 amide bonds. The number of halogens is 1. The van der Waals surface area contributed by atoms with Crippen LogP contribution in [-0.2, 0) is 11.2 Å². The van der Waals surface area contributed by atoms with E-state index in [1.165, 1.54) is 12.0 Å². The third-order valence-electron chi connectivity index (χ3n) is 7.59. The quantitative estimate of drug-likeness (QED) is 0.252. The number of likely N-dealkylation sites (tertiary alicyclic amines) is 1. The van der Waals surface area contributed by atoms with Crippen molar-refractivity contribution < 1.29 is 19.0 Å². The second-order valence-electron chi connectivity index (χ2n) is 9.96. The van der Waals surface area contributed by atoms with Gasteiger partial charge < -0.3 is 14.7 Å². The Labute approximate surface area is 217 Å². The first-order valence-electron chi connectivity index (χ1n) is 13.1. The molecule has 3 atom stereocenters. The molecule has 1 aliphatic heterocycles. The molecule has 2 aromatic heterocycles. The number of carboxylic acids is 1. The maximum absolute atomic E-state index is 15.5. The molecule has 0 radical (unpaired) electrons. The van der Waals surface area contributed by atoms with Crippen LogP contribution in [-0.4, -0.2) is 47.7 Å². The van der Waals surface area contributed by atoms with Gasteiger partial charge in [-0.2, -0.15) is 11.3 Å². The van der Waals surface area contributed by atoms with Crippen LogP contribution in [0.3, 0.4) is 0 Å². The SMILES string of the molecule is COc1ccc2nccc([C@H](F)CC[C@@H]3CCN(CCCCc4ccsc4)C[C@H]3CCC(=O)O)c2c1. The van der Waals surface area contributed by atoms with Crippen LogP contribution >= 0.6 is 11.3 Å². The van der Waals surface area contributed by atoms with Crippen LogP contribution in [0.5, 0.6) is 5.75 Å². The Balaban J connectivity index is 1.33. The standard InChI is InChI=1S/C29H37FN2O3S/c1-35-24-7-9-28-26(18-24)25(11-14-31-28)27(30)8-5-22-12-16-32(19-23(22)6-10-29(33)34)15-3-2-4-21-13-17-36-20-21/h7,9,11,13-14,17-18,20,22-23,27H,2-6,8,10,12,15-16,19H2,1H3,(H,33,34)/t22-,23-,27-/m1/s1. The second kappa shape index (κ2) is 13.2. The van der Waals surface area contributed by atoms with Crippen molar-refractivity contribution in [2.75, 3.05) is 26.7 Å². The van der Waals surface area contributed by atoms with Crippen LogP contribution in [0.25, 0.3) is 10.9 Å². The fraction of sp³-hybridized carbons (Fsp3) is 0.517. The molecule has 3 aromatic rings. The van der Waals surface area contributed by atoms with Crippen LogP contribution in [0.1, 0.15) is 62.2 Å². The predicted molar refractivity (Wildman–Crippen MR) is 144 cm³/mol. The van der Waals surface area contributed by atoms with Crippen molar-refractivity contribution in [3.05, 3.63) is 58.4 Å². The van der Waals surface area contributed by atoms with Gasteiger partial charge in [0.2, 0.25) is 0 Å². The first-order chi connectivity index (χ1) is 17.5. The molecule has 36 heavy (non-hydrogen) atoms. The molecule has 1 N–H and O–H groups in total. The van der Waals surface area contributed by atoms with Gasteiger partial charge >= 0.3 is 5.97 Å². The van der Waals surface area contributed by atoms with Crippen molar-refractivity contribution in [3.8, 4) is 5.75 Å². The highest BCUT2D eigenvalue weighted by atomic mass is 32.1. The predicted octanol–water partition coefficient (Wildman–Crippen LogP) is 6.92. The van der Waals surface area contributed by atoms with E-state index in [2.05, 4.69) is 26.7 Å². The number of ether oxygens (including phenoxy) is 1. The number of nitrogens with zero attached hydrogens (tertiary/aromatic N) is 2. The molecule has 1 saturated heterocycles. The molecule has 0 spiro atoms. The molecule has 0 aliphatic carbocycles. The molecule has 7 heteroatoms. The van der Waals surface area contributed by atoms with Crippen LogP contribution in [0.4, 0.5) is 4.39 Å². The van der Waals surface area contributed by atoms with E-state index in [1.807, 2.05) is 18.2 Å². The number of pyridine rings is 1. The maximum Gasteiger partial charge on any atom is 0.303 e. The molecule has 1 fully saturated rings. The topological polar surface area (TPSA) is 62.7 Å². The number of thiophene rings is 1. The van der Waals surface area contributed by atoms with Crippen molar-refractivity contribution in [1.29, 1.82) is 0 Å². The van der Waals surface area contributed by atoms with E-state index in [9.17, 15) is 9.90 Å². The Morgan fingerprint density at radius 2 is 2.14 bits per heavy atom.